The van der Waals surface area contributed by atoms with Crippen LogP contribution in [0.5, 0.6) is 5.75 Å². The van der Waals surface area contributed by atoms with Gasteiger partial charge < -0.3 is 10.8 Å². The van der Waals surface area contributed by atoms with E-state index in [1.165, 1.54) is 0 Å². The normalized spacial score (nSPS) is 10.6. The SMILES string of the molecule is CC(C)(N)c1ccc(O)cc1.Cl. The van der Waals surface area contributed by atoms with Crippen molar-refractivity contribution in [2.24, 2.45) is 5.73 Å². The number of aromatic hydroxyl groups is 1. The molecular weight excluding hydrogens is 174 g/mol. The van der Waals surface area contributed by atoms with Crippen molar-refractivity contribution in [1.82, 2.24) is 0 Å². The number of nitrogens with two attached hydrogens (primary N) is 1. The first-order chi connectivity index (χ1) is 5.00. The second-order valence-corrected chi connectivity index (χ2v) is 3.27. The lowest BCUT2D eigenvalue weighted by molar-refractivity contribution is 0.473. The Morgan fingerprint density at radius 3 is 1.92 bits per heavy atom. The predicted molar refractivity (Wildman–Crippen MR) is 52.6 cm³/mol. The van der Waals surface area contributed by atoms with Gasteiger partial charge in [-0.15, -0.1) is 12.4 Å². The molecule has 1 rings (SSSR count). The molecule has 0 heterocycles. The van der Waals surface area contributed by atoms with Crippen LogP contribution in [0.1, 0.15) is 19.4 Å². The maximum Gasteiger partial charge on any atom is 0.115 e. The largest absolute Gasteiger partial charge is 0.508 e. The maximum atomic E-state index is 8.98. The minimum atomic E-state index is -0.326. The van der Waals surface area contributed by atoms with Gasteiger partial charge in [-0.3, -0.25) is 0 Å². The third-order valence-electron chi connectivity index (χ3n) is 1.61. The molecule has 0 saturated carbocycles. The van der Waals surface area contributed by atoms with Crippen molar-refractivity contribution in [3.8, 4) is 5.75 Å². The summed E-state index contributed by atoms with van der Waals surface area (Å²) in [5.74, 6) is 0.276. The lowest BCUT2D eigenvalue weighted by Crippen LogP contribution is -2.28. The minimum absolute atomic E-state index is 0. The quantitative estimate of drug-likeness (QED) is 0.707. The van der Waals surface area contributed by atoms with Crippen LogP contribution in [0, 0.1) is 0 Å². The van der Waals surface area contributed by atoms with Crippen molar-refractivity contribution in [3.05, 3.63) is 29.8 Å². The van der Waals surface area contributed by atoms with E-state index in [9.17, 15) is 0 Å². The van der Waals surface area contributed by atoms with Crippen molar-refractivity contribution in [3.63, 3.8) is 0 Å². The van der Waals surface area contributed by atoms with Gasteiger partial charge in [-0.05, 0) is 31.5 Å². The van der Waals surface area contributed by atoms with Crippen molar-refractivity contribution in [1.29, 1.82) is 0 Å². The van der Waals surface area contributed by atoms with Gasteiger partial charge in [0.25, 0.3) is 0 Å². The van der Waals surface area contributed by atoms with Gasteiger partial charge in [-0.2, -0.15) is 0 Å². The highest BCUT2D eigenvalue weighted by atomic mass is 35.5. The highest BCUT2D eigenvalue weighted by molar-refractivity contribution is 5.85. The smallest absolute Gasteiger partial charge is 0.115 e. The van der Waals surface area contributed by atoms with Crippen LogP contribution in [0.2, 0.25) is 0 Å². The minimum Gasteiger partial charge on any atom is -0.508 e. The summed E-state index contributed by atoms with van der Waals surface area (Å²) in [5, 5.41) is 8.98. The van der Waals surface area contributed by atoms with Crippen LogP contribution in [-0.4, -0.2) is 5.11 Å². The van der Waals surface area contributed by atoms with E-state index >= 15 is 0 Å². The lowest BCUT2D eigenvalue weighted by Gasteiger charge is -2.18. The molecule has 1 aromatic carbocycles. The van der Waals surface area contributed by atoms with Crippen LogP contribution in [0.15, 0.2) is 24.3 Å². The molecule has 0 radical (unpaired) electrons. The fourth-order valence-electron chi connectivity index (χ4n) is 0.891. The number of hydrogen-bond donors (Lipinski definition) is 2. The Balaban J connectivity index is 0.00000121. The van der Waals surface area contributed by atoms with Gasteiger partial charge in [-0.25, -0.2) is 0 Å². The van der Waals surface area contributed by atoms with E-state index in [2.05, 4.69) is 0 Å². The molecule has 1 aromatic rings. The Morgan fingerprint density at radius 2 is 1.58 bits per heavy atom. The summed E-state index contributed by atoms with van der Waals surface area (Å²) in [4.78, 5) is 0. The van der Waals surface area contributed by atoms with E-state index in [1.54, 1.807) is 12.1 Å². The fourth-order valence-corrected chi connectivity index (χ4v) is 0.891. The zero-order chi connectivity index (χ0) is 8.48. The van der Waals surface area contributed by atoms with E-state index in [1.807, 2.05) is 26.0 Å². The Labute approximate surface area is 78.8 Å². The Morgan fingerprint density at radius 1 is 1.17 bits per heavy atom. The summed E-state index contributed by atoms with van der Waals surface area (Å²) in [5.41, 5.74) is 6.52. The van der Waals surface area contributed by atoms with Crippen LogP contribution in [0.4, 0.5) is 0 Å². The van der Waals surface area contributed by atoms with Crippen molar-refractivity contribution in [2.45, 2.75) is 19.4 Å². The molecule has 0 amide bonds. The maximum absolute atomic E-state index is 8.98. The Hall–Kier alpha value is -0.730. The number of rotatable bonds is 1. The molecule has 3 heteroatoms. The average Bonchev–Trinajstić information content (AvgIpc) is 1.86. The summed E-state index contributed by atoms with van der Waals surface area (Å²) in [6.45, 7) is 3.86. The van der Waals surface area contributed by atoms with Crippen LogP contribution < -0.4 is 5.73 Å². The topological polar surface area (TPSA) is 46.2 Å². The number of phenolic OH excluding ortho intramolecular Hbond substituents is 1. The second-order valence-electron chi connectivity index (χ2n) is 3.27. The first-order valence-corrected chi connectivity index (χ1v) is 3.58. The molecule has 0 fully saturated rings. The molecule has 0 aliphatic rings. The Kier molecular flexibility index (Phi) is 3.55. The van der Waals surface area contributed by atoms with Gasteiger partial charge in [-0.1, -0.05) is 12.1 Å². The summed E-state index contributed by atoms with van der Waals surface area (Å²) >= 11 is 0. The standard InChI is InChI=1S/C9H13NO.ClH/c1-9(2,10)7-3-5-8(11)6-4-7;/h3-6,11H,10H2,1-2H3;1H. The molecule has 3 N–H and O–H groups in total. The average molecular weight is 188 g/mol. The first-order valence-electron chi connectivity index (χ1n) is 3.58. The van der Waals surface area contributed by atoms with Gasteiger partial charge >= 0.3 is 0 Å². The summed E-state index contributed by atoms with van der Waals surface area (Å²) in [6.07, 6.45) is 0. The van der Waals surface area contributed by atoms with Crippen LogP contribution >= 0.6 is 12.4 Å². The molecule has 0 unspecified atom stereocenters. The molecule has 0 bridgehead atoms. The van der Waals surface area contributed by atoms with Gasteiger partial charge in [0.15, 0.2) is 0 Å². The third kappa shape index (κ3) is 2.72. The lowest BCUT2D eigenvalue weighted by atomic mass is 9.96. The summed E-state index contributed by atoms with van der Waals surface area (Å²) < 4.78 is 0. The van der Waals surface area contributed by atoms with Crippen molar-refractivity contribution >= 4 is 12.4 Å². The van der Waals surface area contributed by atoms with Crippen molar-refractivity contribution in [2.75, 3.05) is 0 Å². The number of halogens is 1. The van der Waals surface area contributed by atoms with E-state index in [0.717, 1.165) is 5.56 Å². The molecular formula is C9H14ClNO. The van der Waals surface area contributed by atoms with E-state index in [4.69, 9.17) is 10.8 Å². The molecule has 68 valence electrons. The molecule has 2 nitrogen and oxygen atoms in total. The van der Waals surface area contributed by atoms with E-state index in [0.29, 0.717) is 0 Å². The number of phenols is 1. The molecule has 0 spiro atoms. The number of benzene rings is 1. The highest BCUT2D eigenvalue weighted by Gasteiger charge is 2.12. The third-order valence-corrected chi connectivity index (χ3v) is 1.61. The number of hydrogen-bond acceptors (Lipinski definition) is 2. The predicted octanol–water partition coefficient (Wildman–Crippen LogP) is 2.01. The molecule has 0 aromatic heterocycles. The zero-order valence-electron chi connectivity index (χ0n) is 7.24. The monoisotopic (exact) mass is 187 g/mol. The van der Waals surface area contributed by atoms with Crippen LogP contribution in [-0.2, 0) is 5.54 Å². The van der Waals surface area contributed by atoms with Crippen LogP contribution in [0.3, 0.4) is 0 Å². The second kappa shape index (κ2) is 3.78. The van der Waals surface area contributed by atoms with Gasteiger partial charge in [0.2, 0.25) is 0 Å². The van der Waals surface area contributed by atoms with E-state index < -0.39 is 0 Å². The molecule has 0 atom stereocenters. The molecule has 0 saturated heterocycles. The van der Waals surface area contributed by atoms with Gasteiger partial charge in [0, 0.05) is 5.54 Å². The molecule has 12 heavy (non-hydrogen) atoms. The fraction of sp³-hybridized carbons (Fsp3) is 0.333. The molecule has 0 aliphatic heterocycles. The highest BCUT2D eigenvalue weighted by Crippen LogP contribution is 2.18. The van der Waals surface area contributed by atoms with Crippen molar-refractivity contribution < 1.29 is 5.11 Å². The zero-order valence-corrected chi connectivity index (χ0v) is 8.06. The summed E-state index contributed by atoms with van der Waals surface area (Å²) in [6, 6.07) is 6.94. The van der Waals surface area contributed by atoms with Gasteiger partial charge in [0.05, 0.1) is 0 Å². The van der Waals surface area contributed by atoms with Gasteiger partial charge in [0.1, 0.15) is 5.75 Å². The molecule has 0 aliphatic carbocycles. The first kappa shape index (κ1) is 11.3. The Bertz CT molecular complexity index is 238. The van der Waals surface area contributed by atoms with E-state index in [-0.39, 0.29) is 23.7 Å². The van der Waals surface area contributed by atoms with Crippen LogP contribution in [0.25, 0.3) is 0 Å². The summed E-state index contributed by atoms with van der Waals surface area (Å²) in [7, 11) is 0.